The minimum Gasteiger partial charge on any atom is -0.495 e. The van der Waals surface area contributed by atoms with Crippen LogP contribution in [0.4, 0.5) is 5.69 Å². The number of hydrogen-bond acceptors (Lipinski definition) is 5. The highest BCUT2D eigenvalue weighted by atomic mass is 79.9. The van der Waals surface area contributed by atoms with Crippen molar-refractivity contribution in [1.29, 1.82) is 0 Å². The maximum Gasteiger partial charge on any atom is 0.264 e. The molecule has 4 aromatic carbocycles. The van der Waals surface area contributed by atoms with Crippen LogP contribution >= 0.6 is 15.9 Å². The lowest BCUT2D eigenvalue weighted by atomic mass is 10.0. The molecule has 0 aromatic heterocycles. The zero-order chi connectivity index (χ0) is 31.7. The van der Waals surface area contributed by atoms with Crippen molar-refractivity contribution >= 4 is 43.5 Å². The normalized spacial score (nSPS) is 11.8. The second-order valence-electron chi connectivity index (χ2n) is 10.3. The van der Waals surface area contributed by atoms with Crippen LogP contribution in [-0.4, -0.2) is 51.4 Å². The van der Waals surface area contributed by atoms with Gasteiger partial charge in [0.1, 0.15) is 18.3 Å². The highest BCUT2D eigenvalue weighted by Gasteiger charge is 2.35. The van der Waals surface area contributed by atoms with Gasteiger partial charge in [0.25, 0.3) is 10.0 Å². The van der Waals surface area contributed by atoms with E-state index in [1.165, 1.54) is 24.1 Å². The first-order chi connectivity index (χ1) is 21.1. The highest BCUT2D eigenvalue weighted by molar-refractivity contribution is 9.10. The number of methoxy groups -OCH3 is 1. The number of amides is 2. The van der Waals surface area contributed by atoms with Crippen molar-refractivity contribution in [3.63, 3.8) is 0 Å². The molecule has 1 N–H and O–H groups in total. The van der Waals surface area contributed by atoms with Crippen molar-refractivity contribution in [1.82, 2.24) is 10.2 Å². The summed E-state index contributed by atoms with van der Waals surface area (Å²) in [6, 6.07) is 29.1. The molecule has 230 valence electrons. The number of halogens is 1. The Bertz CT molecular complexity index is 1680. The number of likely N-dealkylation sites (N-methyl/N-ethyl adjacent to an activating group) is 1. The third kappa shape index (κ3) is 8.06. The molecular formula is C34H36BrN3O5S. The molecular weight excluding hydrogens is 642 g/mol. The van der Waals surface area contributed by atoms with Crippen LogP contribution in [0, 0.1) is 6.92 Å². The molecule has 44 heavy (non-hydrogen) atoms. The van der Waals surface area contributed by atoms with E-state index in [9.17, 15) is 18.0 Å². The van der Waals surface area contributed by atoms with Crippen LogP contribution in [0.3, 0.4) is 0 Å². The number of carbonyl (C=O) groups excluding carboxylic acids is 2. The number of rotatable bonds is 13. The van der Waals surface area contributed by atoms with Crippen molar-refractivity contribution in [3.05, 3.63) is 124 Å². The van der Waals surface area contributed by atoms with Crippen molar-refractivity contribution in [2.45, 2.75) is 37.8 Å². The second-order valence-corrected chi connectivity index (χ2v) is 13.0. The van der Waals surface area contributed by atoms with Gasteiger partial charge in [-0.25, -0.2) is 8.42 Å². The third-order valence-corrected chi connectivity index (χ3v) is 9.34. The summed E-state index contributed by atoms with van der Waals surface area (Å²) in [5.74, 6) is -0.573. The molecule has 0 fully saturated rings. The zero-order valence-corrected chi connectivity index (χ0v) is 27.3. The molecule has 0 aliphatic carbocycles. The molecule has 4 rings (SSSR count). The minimum absolute atomic E-state index is 0.0273. The van der Waals surface area contributed by atoms with Crippen molar-refractivity contribution in [2.75, 3.05) is 24.5 Å². The number of carbonyl (C=O) groups is 2. The first-order valence-electron chi connectivity index (χ1n) is 14.2. The second kappa shape index (κ2) is 15.0. The summed E-state index contributed by atoms with van der Waals surface area (Å²) < 4.78 is 35.8. The number of aryl methyl sites for hydroxylation is 1. The minimum atomic E-state index is -4.23. The van der Waals surface area contributed by atoms with Crippen LogP contribution < -0.4 is 14.4 Å². The van der Waals surface area contributed by atoms with Gasteiger partial charge in [-0.2, -0.15) is 0 Å². The standard InChI is InChI=1S/C34H36BrN3O5S/c1-4-36-34(40)31(22-26-12-7-5-8-13-26)37(23-27-14-11-15-28(35)21-27)33(39)24-38(30-20-25(2)18-19-32(30)43-3)44(41,42)29-16-9-6-10-17-29/h5-21,31H,4,22-24H2,1-3H3,(H,36,40)/t31-/m0/s1. The van der Waals surface area contributed by atoms with Gasteiger partial charge in [0.15, 0.2) is 0 Å². The van der Waals surface area contributed by atoms with E-state index in [4.69, 9.17) is 4.74 Å². The van der Waals surface area contributed by atoms with Gasteiger partial charge in [0, 0.05) is 24.0 Å². The Labute approximate surface area is 267 Å². The van der Waals surface area contributed by atoms with Gasteiger partial charge in [-0.3, -0.25) is 13.9 Å². The molecule has 0 bridgehead atoms. The van der Waals surface area contributed by atoms with Gasteiger partial charge in [0.2, 0.25) is 11.8 Å². The molecule has 0 radical (unpaired) electrons. The Morgan fingerprint density at radius 1 is 0.886 bits per heavy atom. The van der Waals surface area contributed by atoms with Crippen LogP contribution in [0.25, 0.3) is 0 Å². The number of ether oxygens (including phenoxy) is 1. The molecule has 0 heterocycles. The topological polar surface area (TPSA) is 96.0 Å². The van der Waals surface area contributed by atoms with Crippen LogP contribution in [0.2, 0.25) is 0 Å². The summed E-state index contributed by atoms with van der Waals surface area (Å²) >= 11 is 3.50. The summed E-state index contributed by atoms with van der Waals surface area (Å²) in [6.07, 6.45) is 0.242. The molecule has 8 nitrogen and oxygen atoms in total. The van der Waals surface area contributed by atoms with E-state index in [1.54, 1.807) is 30.3 Å². The van der Waals surface area contributed by atoms with Crippen LogP contribution in [-0.2, 0) is 32.6 Å². The number of nitrogens with zero attached hydrogens (tertiary/aromatic N) is 2. The maximum absolute atomic E-state index is 14.5. The zero-order valence-electron chi connectivity index (χ0n) is 24.9. The predicted molar refractivity (Wildman–Crippen MR) is 176 cm³/mol. The fourth-order valence-corrected chi connectivity index (χ4v) is 6.79. The molecule has 0 aliphatic rings. The molecule has 0 saturated heterocycles. The predicted octanol–water partition coefficient (Wildman–Crippen LogP) is 5.74. The summed E-state index contributed by atoms with van der Waals surface area (Å²) in [5.41, 5.74) is 2.66. The average molecular weight is 679 g/mol. The van der Waals surface area contributed by atoms with Gasteiger partial charge >= 0.3 is 0 Å². The smallest absolute Gasteiger partial charge is 0.264 e. The lowest BCUT2D eigenvalue weighted by molar-refractivity contribution is -0.140. The Kier molecular flexibility index (Phi) is 11.2. The molecule has 0 saturated carbocycles. The first-order valence-corrected chi connectivity index (χ1v) is 16.4. The van der Waals surface area contributed by atoms with Crippen LogP contribution in [0.1, 0.15) is 23.6 Å². The Morgan fingerprint density at radius 3 is 2.18 bits per heavy atom. The average Bonchev–Trinajstić information content (AvgIpc) is 3.02. The van der Waals surface area contributed by atoms with Crippen LogP contribution in [0.15, 0.2) is 112 Å². The van der Waals surface area contributed by atoms with E-state index < -0.39 is 28.5 Å². The number of anilines is 1. The van der Waals surface area contributed by atoms with Gasteiger partial charge in [-0.05, 0) is 66.9 Å². The Morgan fingerprint density at radius 2 is 1.55 bits per heavy atom. The summed E-state index contributed by atoms with van der Waals surface area (Å²) in [4.78, 5) is 29.6. The quantitative estimate of drug-likeness (QED) is 0.195. The van der Waals surface area contributed by atoms with Gasteiger partial charge in [-0.15, -0.1) is 0 Å². The van der Waals surface area contributed by atoms with E-state index >= 15 is 0 Å². The number of nitrogens with one attached hydrogen (secondary N) is 1. The molecule has 0 aliphatic heterocycles. The number of hydrogen-bond donors (Lipinski definition) is 1. The highest BCUT2D eigenvalue weighted by Crippen LogP contribution is 2.34. The molecule has 4 aromatic rings. The largest absolute Gasteiger partial charge is 0.495 e. The van der Waals surface area contributed by atoms with E-state index in [-0.39, 0.29) is 29.5 Å². The summed E-state index contributed by atoms with van der Waals surface area (Å²) in [6.45, 7) is 3.55. The maximum atomic E-state index is 14.5. The van der Waals surface area contributed by atoms with Crippen molar-refractivity contribution < 1.29 is 22.7 Å². The number of benzene rings is 4. The summed E-state index contributed by atoms with van der Waals surface area (Å²) in [5, 5.41) is 2.87. The van der Waals surface area contributed by atoms with E-state index in [2.05, 4.69) is 21.2 Å². The van der Waals surface area contributed by atoms with Crippen LogP contribution in [0.5, 0.6) is 5.75 Å². The number of sulfonamides is 1. The lowest BCUT2D eigenvalue weighted by Crippen LogP contribution is -2.53. The van der Waals surface area contributed by atoms with Gasteiger partial charge in [0.05, 0.1) is 17.7 Å². The SMILES string of the molecule is CCNC(=O)[C@H](Cc1ccccc1)N(Cc1cccc(Br)c1)C(=O)CN(c1cc(C)ccc1OC)S(=O)(=O)c1ccccc1. The molecule has 10 heteroatoms. The van der Waals surface area contributed by atoms with Crippen molar-refractivity contribution in [2.24, 2.45) is 0 Å². The molecule has 0 spiro atoms. The van der Waals surface area contributed by atoms with Gasteiger partial charge < -0.3 is 15.0 Å². The first kappa shape index (κ1) is 32.8. The Balaban J connectivity index is 1.84. The fourth-order valence-electron chi connectivity index (χ4n) is 4.91. The lowest BCUT2D eigenvalue weighted by Gasteiger charge is -2.34. The monoisotopic (exact) mass is 677 g/mol. The molecule has 0 unspecified atom stereocenters. The van der Waals surface area contributed by atoms with E-state index in [1.807, 2.05) is 74.5 Å². The Hall–Kier alpha value is -4.15. The van der Waals surface area contributed by atoms with Gasteiger partial charge in [-0.1, -0.05) is 82.7 Å². The van der Waals surface area contributed by atoms with E-state index in [0.29, 0.717) is 12.3 Å². The molecule has 2 amide bonds. The molecule has 1 atom stereocenters. The fraction of sp³-hybridized carbons (Fsp3) is 0.235. The summed E-state index contributed by atoms with van der Waals surface area (Å²) in [7, 11) is -2.78. The van der Waals surface area contributed by atoms with E-state index in [0.717, 1.165) is 25.5 Å². The van der Waals surface area contributed by atoms with Crippen molar-refractivity contribution in [3.8, 4) is 5.75 Å². The third-order valence-electron chi connectivity index (χ3n) is 7.08.